The molecule has 3 nitrogen and oxygen atoms in total. The molecule has 1 saturated heterocycles. The summed E-state index contributed by atoms with van der Waals surface area (Å²) in [5.74, 6) is 0.722. The molecule has 18 heavy (non-hydrogen) atoms. The second-order valence-corrected chi connectivity index (χ2v) is 5.61. The van der Waals surface area contributed by atoms with Gasteiger partial charge in [0, 0.05) is 25.7 Å². The van der Waals surface area contributed by atoms with E-state index in [-0.39, 0.29) is 0 Å². The van der Waals surface area contributed by atoms with E-state index in [1.54, 1.807) is 0 Å². The summed E-state index contributed by atoms with van der Waals surface area (Å²) in [6, 6.07) is 0.678. The molecule has 0 spiro atoms. The van der Waals surface area contributed by atoms with Crippen LogP contribution >= 0.6 is 0 Å². The molecule has 2 atom stereocenters. The van der Waals surface area contributed by atoms with Crippen molar-refractivity contribution < 1.29 is 4.74 Å². The van der Waals surface area contributed by atoms with Crippen LogP contribution in [0.4, 0.5) is 0 Å². The topological polar surface area (TPSA) is 24.5 Å². The van der Waals surface area contributed by atoms with Crippen molar-refractivity contribution in [2.45, 2.75) is 59.1 Å². The Bertz CT molecular complexity index is 203. The van der Waals surface area contributed by atoms with Crippen molar-refractivity contribution in [3.05, 3.63) is 0 Å². The highest BCUT2D eigenvalue weighted by molar-refractivity contribution is 4.80. The second kappa shape index (κ2) is 8.89. The third kappa shape index (κ3) is 5.25. The maximum absolute atomic E-state index is 5.71. The first-order valence-electron chi connectivity index (χ1n) is 7.75. The fourth-order valence-electron chi connectivity index (χ4n) is 2.72. The second-order valence-electron chi connectivity index (χ2n) is 5.61. The molecule has 1 N–H and O–H groups in total. The lowest BCUT2D eigenvalue weighted by Gasteiger charge is -2.38. The van der Waals surface area contributed by atoms with Crippen molar-refractivity contribution in [2.75, 3.05) is 32.8 Å². The molecular formula is C15H32N2O. The number of hydrogen-bond donors (Lipinski definition) is 1. The highest BCUT2D eigenvalue weighted by Gasteiger charge is 2.25. The van der Waals surface area contributed by atoms with Gasteiger partial charge in [-0.15, -0.1) is 0 Å². The van der Waals surface area contributed by atoms with Crippen LogP contribution in [0.2, 0.25) is 0 Å². The standard InChI is InChI=1S/C15H32N2O/c1-5-9-16-12-13(3)14(4)17-10-7-15(8-11-17)18-6-2/h13-16H,5-12H2,1-4H3. The predicted molar refractivity (Wildman–Crippen MR) is 78.0 cm³/mol. The van der Waals surface area contributed by atoms with Crippen molar-refractivity contribution in [3.8, 4) is 0 Å². The Hall–Kier alpha value is -0.120. The molecule has 1 fully saturated rings. The summed E-state index contributed by atoms with van der Waals surface area (Å²) in [6.07, 6.45) is 4.13. The molecule has 2 unspecified atom stereocenters. The van der Waals surface area contributed by atoms with Crippen molar-refractivity contribution in [1.29, 1.82) is 0 Å². The molecule has 0 aromatic carbocycles. The van der Waals surface area contributed by atoms with Crippen LogP contribution in [0, 0.1) is 5.92 Å². The first-order chi connectivity index (χ1) is 8.69. The smallest absolute Gasteiger partial charge is 0.0599 e. The fraction of sp³-hybridized carbons (Fsp3) is 1.00. The number of ether oxygens (including phenoxy) is 1. The normalized spacial score (nSPS) is 22.0. The summed E-state index contributed by atoms with van der Waals surface area (Å²) in [7, 11) is 0. The van der Waals surface area contributed by atoms with Crippen LogP contribution in [0.5, 0.6) is 0 Å². The van der Waals surface area contributed by atoms with Crippen LogP contribution in [0.25, 0.3) is 0 Å². The van der Waals surface area contributed by atoms with Crippen LogP contribution in [0.3, 0.4) is 0 Å². The van der Waals surface area contributed by atoms with Crippen molar-refractivity contribution in [3.63, 3.8) is 0 Å². The van der Waals surface area contributed by atoms with Crippen LogP contribution in [0.1, 0.15) is 47.0 Å². The zero-order chi connectivity index (χ0) is 13.4. The zero-order valence-electron chi connectivity index (χ0n) is 12.7. The van der Waals surface area contributed by atoms with Crippen LogP contribution < -0.4 is 5.32 Å². The van der Waals surface area contributed by atoms with Gasteiger partial charge in [-0.1, -0.05) is 13.8 Å². The van der Waals surface area contributed by atoms with E-state index in [4.69, 9.17) is 4.74 Å². The van der Waals surface area contributed by atoms with Gasteiger partial charge in [0.1, 0.15) is 0 Å². The van der Waals surface area contributed by atoms with Gasteiger partial charge < -0.3 is 15.0 Å². The van der Waals surface area contributed by atoms with Crippen LogP contribution in [0.15, 0.2) is 0 Å². The molecule has 1 aliphatic heterocycles. The summed E-state index contributed by atoms with van der Waals surface area (Å²) in [4.78, 5) is 2.63. The molecule has 0 saturated carbocycles. The summed E-state index contributed by atoms with van der Waals surface area (Å²) in [5.41, 5.74) is 0. The van der Waals surface area contributed by atoms with E-state index in [0.717, 1.165) is 25.6 Å². The summed E-state index contributed by atoms with van der Waals surface area (Å²) >= 11 is 0. The Balaban J connectivity index is 2.23. The number of hydrogen-bond acceptors (Lipinski definition) is 3. The highest BCUT2D eigenvalue weighted by Crippen LogP contribution is 2.19. The van der Waals surface area contributed by atoms with Gasteiger partial charge in [-0.2, -0.15) is 0 Å². The number of likely N-dealkylation sites (tertiary alicyclic amines) is 1. The Kier molecular flexibility index (Phi) is 7.87. The lowest BCUT2D eigenvalue weighted by atomic mass is 9.98. The predicted octanol–water partition coefficient (Wildman–Crippen LogP) is 2.51. The van der Waals surface area contributed by atoms with Crippen molar-refractivity contribution in [2.24, 2.45) is 5.92 Å². The van der Waals surface area contributed by atoms with E-state index in [1.807, 2.05) is 0 Å². The molecule has 108 valence electrons. The van der Waals surface area contributed by atoms with Crippen LogP contribution in [-0.2, 0) is 4.74 Å². The monoisotopic (exact) mass is 256 g/mol. The first-order valence-corrected chi connectivity index (χ1v) is 7.75. The number of nitrogens with zero attached hydrogens (tertiary/aromatic N) is 1. The molecular weight excluding hydrogens is 224 g/mol. The highest BCUT2D eigenvalue weighted by atomic mass is 16.5. The van der Waals surface area contributed by atoms with E-state index in [0.29, 0.717) is 12.1 Å². The summed E-state index contributed by atoms with van der Waals surface area (Å²) < 4.78 is 5.71. The fourth-order valence-corrected chi connectivity index (χ4v) is 2.72. The van der Waals surface area contributed by atoms with Crippen molar-refractivity contribution >= 4 is 0 Å². The van der Waals surface area contributed by atoms with E-state index in [1.165, 1.54) is 32.4 Å². The average Bonchev–Trinajstić information content (AvgIpc) is 2.39. The summed E-state index contributed by atoms with van der Waals surface area (Å²) in [6.45, 7) is 14.6. The van der Waals surface area contributed by atoms with Crippen LogP contribution in [-0.4, -0.2) is 49.8 Å². The molecule has 3 heteroatoms. The van der Waals surface area contributed by atoms with E-state index >= 15 is 0 Å². The minimum Gasteiger partial charge on any atom is -0.378 e. The van der Waals surface area contributed by atoms with Gasteiger partial charge in [0.2, 0.25) is 0 Å². The lowest BCUT2D eigenvalue weighted by Crippen LogP contribution is -2.46. The van der Waals surface area contributed by atoms with E-state index in [9.17, 15) is 0 Å². The molecule has 0 bridgehead atoms. The maximum Gasteiger partial charge on any atom is 0.0599 e. The molecule has 0 aliphatic carbocycles. The van der Waals surface area contributed by atoms with Gasteiger partial charge in [0.05, 0.1) is 6.10 Å². The minimum absolute atomic E-state index is 0.506. The van der Waals surface area contributed by atoms with Crippen molar-refractivity contribution in [1.82, 2.24) is 10.2 Å². The Labute approximate surface area is 113 Å². The van der Waals surface area contributed by atoms with Gasteiger partial charge in [0.15, 0.2) is 0 Å². The molecule has 0 amide bonds. The quantitative estimate of drug-likeness (QED) is 0.675. The Morgan fingerprint density at radius 2 is 1.89 bits per heavy atom. The lowest BCUT2D eigenvalue weighted by molar-refractivity contribution is -0.00000254. The van der Waals surface area contributed by atoms with E-state index < -0.39 is 0 Å². The average molecular weight is 256 g/mol. The van der Waals surface area contributed by atoms with Gasteiger partial charge in [-0.05, 0) is 52.1 Å². The SMILES string of the molecule is CCCNCC(C)C(C)N1CCC(OCC)CC1. The molecule has 0 aromatic rings. The molecule has 0 radical (unpaired) electrons. The number of rotatable bonds is 8. The molecule has 1 rings (SSSR count). The Morgan fingerprint density at radius 3 is 2.44 bits per heavy atom. The van der Waals surface area contributed by atoms with Gasteiger partial charge in [-0.25, -0.2) is 0 Å². The largest absolute Gasteiger partial charge is 0.378 e. The third-order valence-electron chi connectivity index (χ3n) is 4.17. The third-order valence-corrected chi connectivity index (χ3v) is 4.17. The molecule has 1 aliphatic rings. The minimum atomic E-state index is 0.506. The van der Waals surface area contributed by atoms with Gasteiger partial charge >= 0.3 is 0 Å². The summed E-state index contributed by atoms with van der Waals surface area (Å²) in [5, 5.41) is 3.53. The molecule has 0 aromatic heterocycles. The molecule has 1 heterocycles. The number of piperidine rings is 1. The van der Waals surface area contributed by atoms with Gasteiger partial charge in [-0.3, -0.25) is 0 Å². The van der Waals surface area contributed by atoms with Gasteiger partial charge in [0.25, 0.3) is 0 Å². The number of nitrogens with one attached hydrogen (secondary N) is 1. The first kappa shape index (κ1) is 15.9. The zero-order valence-corrected chi connectivity index (χ0v) is 12.7. The Morgan fingerprint density at radius 1 is 1.22 bits per heavy atom. The van der Waals surface area contributed by atoms with E-state index in [2.05, 4.69) is 37.9 Å². The maximum atomic E-state index is 5.71.